The minimum atomic E-state index is -4.76. The van der Waals surface area contributed by atoms with Crippen molar-refractivity contribution in [3.8, 4) is 5.75 Å². The monoisotopic (exact) mass is 245 g/mol. The second kappa shape index (κ2) is 3.69. The second-order valence-corrected chi connectivity index (χ2v) is 3.24. The highest BCUT2D eigenvalue weighted by molar-refractivity contribution is 5.89. The van der Waals surface area contributed by atoms with Crippen molar-refractivity contribution in [3.05, 3.63) is 30.5 Å². The van der Waals surface area contributed by atoms with Crippen LogP contribution in [0.3, 0.4) is 0 Å². The summed E-state index contributed by atoms with van der Waals surface area (Å²) in [5, 5.41) is 9.13. The summed E-state index contributed by atoms with van der Waals surface area (Å²) in [6.07, 6.45) is -4.71. The number of rotatable bonds is 1. The van der Waals surface area contributed by atoms with E-state index in [0.29, 0.717) is 10.9 Å². The van der Waals surface area contributed by atoms with Crippen LogP contribution in [0.25, 0.3) is 10.9 Å². The van der Waals surface area contributed by atoms with Crippen LogP contribution >= 0.6 is 0 Å². The number of hydrogen-bond donors (Lipinski definition) is 1. The van der Waals surface area contributed by atoms with E-state index in [0.717, 1.165) is 16.7 Å². The van der Waals surface area contributed by atoms with Crippen molar-refractivity contribution in [2.24, 2.45) is 0 Å². The minimum Gasteiger partial charge on any atom is -0.464 e. The van der Waals surface area contributed by atoms with Gasteiger partial charge in [-0.05, 0) is 24.3 Å². The molecule has 0 saturated carbocycles. The van der Waals surface area contributed by atoms with Gasteiger partial charge in [0.05, 0.1) is 5.52 Å². The number of carbonyl (C=O) groups is 1. The lowest BCUT2D eigenvalue weighted by molar-refractivity contribution is -0.274. The average Bonchev–Trinajstić information content (AvgIpc) is 2.57. The van der Waals surface area contributed by atoms with Crippen LogP contribution in [0.15, 0.2) is 30.5 Å². The Balaban J connectivity index is 2.43. The Morgan fingerprint density at radius 3 is 2.59 bits per heavy atom. The number of hydrogen-bond acceptors (Lipinski definition) is 2. The van der Waals surface area contributed by atoms with E-state index < -0.39 is 12.5 Å². The molecule has 0 aliphatic heterocycles. The SMILES string of the molecule is O=C(O)n1ccc2cc(OC(F)(F)F)ccc21. The smallest absolute Gasteiger partial charge is 0.464 e. The van der Waals surface area contributed by atoms with E-state index in [9.17, 15) is 18.0 Å². The van der Waals surface area contributed by atoms with Crippen LogP contribution in [0.1, 0.15) is 0 Å². The summed E-state index contributed by atoms with van der Waals surface area (Å²) in [5.74, 6) is -0.381. The Bertz CT molecular complexity index is 574. The van der Waals surface area contributed by atoms with Crippen molar-refractivity contribution in [3.63, 3.8) is 0 Å². The molecule has 0 fully saturated rings. The predicted octanol–water partition coefficient (Wildman–Crippen LogP) is 3.07. The Hall–Kier alpha value is -2.18. The number of halogens is 3. The molecule has 1 aromatic carbocycles. The summed E-state index contributed by atoms with van der Waals surface area (Å²) >= 11 is 0. The lowest BCUT2D eigenvalue weighted by atomic mass is 10.2. The van der Waals surface area contributed by atoms with E-state index in [1.54, 1.807) is 0 Å². The maximum Gasteiger partial charge on any atom is 0.573 e. The van der Waals surface area contributed by atoms with Crippen molar-refractivity contribution < 1.29 is 27.8 Å². The highest BCUT2D eigenvalue weighted by atomic mass is 19.4. The molecule has 90 valence electrons. The van der Waals surface area contributed by atoms with Crippen LogP contribution in [-0.2, 0) is 0 Å². The summed E-state index contributed by atoms with van der Waals surface area (Å²) in [6, 6.07) is 4.84. The van der Waals surface area contributed by atoms with Crippen LogP contribution in [-0.4, -0.2) is 22.1 Å². The van der Waals surface area contributed by atoms with Gasteiger partial charge < -0.3 is 9.84 Å². The molecule has 17 heavy (non-hydrogen) atoms. The normalized spacial score (nSPS) is 11.7. The number of alkyl halides is 3. The van der Waals surface area contributed by atoms with E-state index in [2.05, 4.69) is 4.74 Å². The Morgan fingerprint density at radius 1 is 1.29 bits per heavy atom. The first kappa shape index (κ1) is 11.3. The zero-order valence-corrected chi connectivity index (χ0v) is 8.23. The van der Waals surface area contributed by atoms with E-state index in [-0.39, 0.29) is 5.75 Å². The van der Waals surface area contributed by atoms with Gasteiger partial charge in [0.2, 0.25) is 0 Å². The summed E-state index contributed by atoms with van der Waals surface area (Å²) in [4.78, 5) is 10.7. The molecule has 1 heterocycles. The van der Waals surface area contributed by atoms with E-state index >= 15 is 0 Å². The molecule has 4 nitrogen and oxygen atoms in total. The number of ether oxygens (including phenoxy) is 1. The van der Waals surface area contributed by atoms with Gasteiger partial charge in [-0.1, -0.05) is 0 Å². The van der Waals surface area contributed by atoms with Gasteiger partial charge in [0.15, 0.2) is 0 Å². The van der Waals surface area contributed by atoms with Gasteiger partial charge in [0.25, 0.3) is 0 Å². The van der Waals surface area contributed by atoms with Crippen LogP contribution in [0.2, 0.25) is 0 Å². The fourth-order valence-corrected chi connectivity index (χ4v) is 1.48. The Labute approximate surface area is 92.8 Å². The fourth-order valence-electron chi connectivity index (χ4n) is 1.48. The Kier molecular flexibility index (Phi) is 2.45. The first-order chi connectivity index (χ1) is 7.87. The molecular formula is C10H6F3NO3. The summed E-state index contributed by atoms with van der Waals surface area (Å²) < 4.78 is 40.5. The van der Waals surface area contributed by atoms with Crippen molar-refractivity contribution in [1.29, 1.82) is 0 Å². The molecule has 0 spiro atoms. The largest absolute Gasteiger partial charge is 0.573 e. The van der Waals surface area contributed by atoms with Gasteiger partial charge >= 0.3 is 12.5 Å². The van der Waals surface area contributed by atoms with E-state index in [1.807, 2.05) is 0 Å². The van der Waals surface area contributed by atoms with Crippen LogP contribution in [0.5, 0.6) is 5.75 Å². The third-order valence-electron chi connectivity index (χ3n) is 2.10. The first-order valence-corrected chi connectivity index (χ1v) is 4.47. The topological polar surface area (TPSA) is 51.5 Å². The molecule has 0 atom stereocenters. The van der Waals surface area contributed by atoms with Crippen molar-refractivity contribution in [2.45, 2.75) is 6.36 Å². The summed E-state index contributed by atoms with van der Waals surface area (Å²) in [5.41, 5.74) is 0.298. The number of nitrogens with zero attached hydrogens (tertiary/aromatic N) is 1. The first-order valence-electron chi connectivity index (χ1n) is 4.47. The lowest BCUT2D eigenvalue weighted by Gasteiger charge is -2.08. The average molecular weight is 245 g/mol. The van der Waals surface area contributed by atoms with Gasteiger partial charge in [-0.25, -0.2) is 4.79 Å². The highest BCUT2D eigenvalue weighted by Crippen LogP contribution is 2.26. The standard InChI is InChI=1S/C10H6F3NO3/c11-10(12,13)17-7-1-2-8-6(5-7)3-4-14(8)9(15)16/h1-5H,(H,15,16). The van der Waals surface area contributed by atoms with Crippen LogP contribution < -0.4 is 4.74 Å². The van der Waals surface area contributed by atoms with Gasteiger partial charge in [-0.15, -0.1) is 13.2 Å². The molecule has 0 unspecified atom stereocenters. The third-order valence-corrected chi connectivity index (χ3v) is 2.10. The van der Waals surface area contributed by atoms with Crippen LogP contribution in [0.4, 0.5) is 18.0 Å². The second-order valence-electron chi connectivity index (χ2n) is 3.24. The van der Waals surface area contributed by atoms with Gasteiger partial charge in [-0.3, -0.25) is 4.57 Å². The molecule has 0 aliphatic carbocycles. The molecule has 0 amide bonds. The zero-order valence-electron chi connectivity index (χ0n) is 8.23. The number of carboxylic acid groups (broad SMARTS) is 1. The molecule has 7 heteroatoms. The molecule has 0 aliphatic rings. The molecule has 1 N–H and O–H groups in total. The zero-order chi connectivity index (χ0) is 12.6. The van der Waals surface area contributed by atoms with Crippen molar-refractivity contribution in [2.75, 3.05) is 0 Å². The predicted molar refractivity (Wildman–Crippen MR) is 52.0 cm³/mol. The third kappa shape index (κ3) is 2.32. The molecule has 0 radical (unpaired) electrons. The molecule has 0 saturated heterocycles. The number of aromatic nitrogens is 1. The van der Waals surface area contributed by atoms with Gasteiger partial charge in [-0.2, -0.15) is 0 Å². The van der Waals surface area contributed by atoms with Crippen molar-refractivity contribution >= 4 is 17.0 Å². The molecule has 1 aromatic heterocycles. The summed E-state index contributed by atoms with van der Waals surface area (Å²) in [6.45, 7) is 0. The molecule has 2 aromatic rings. The summed E-state index contributed by atoms with van der Waals surface area (Å²) in [7, 11) is 0. The highest BCUT2D eigenvalue weighted by Gasteiger charge is 2.31. The lowest BCUT2D eigenvalue weighted by Crippen LogP contribution is -2.17. The van der Waals surface area contributed by atoms with Gasteiger partial charge in [0.1, 0.15) is 5.75 Å². The van der Waals surface area contributed by atoms with Crippen LogP contribution in [0, 0.1) is 0 Å². The van der Waals surface area contributed by atoms with E-state index in [1.165, 1.54) is 18.3 Å². The molecule has 2 rings (SSSR count). The minimum absolute atomic E-state index is 0.298. The fraction of sp³-hybridized carbons (Fsp3) is 0.100. The maximum atomic E-state index is 12.0. The quantitative estimate of drug-likeness (QED) is 0.839. The maximum absolute atomic E-state index is 12.0. The molecular weight excluding hydrogens is 239 g/mol. The van der Waals surface area contributed by atoms with Gasteiger partial charge in [0, 0.05) is 11.6 Å². The van der Waals surface area contributed by atoms with Crippen molar-refractivity contribution in [1.82, 2.24) is 4.57 Å². The number of benzene rings is 1. The molecule has 0 bridgehead atoms. The van der Waals surface area contributed by atoms with E-state index in [4.69, 9.17) is 5.11 Å². The Morgan fingerprint density at radius 2 is 2.00 bits per heavy atom. The number of fused-ring (bicyclic) bond motifs is 1.